The number of hydrogen-bond acceptors (Lipinski definition) is 5. The number of piperazine rings is 1. The molecule has 0 amide bonds. The quantitative estimate of drug-likeness (QED) is 0.403. The first kappa shape index (κ1) is 22.1. The molecule has 6 heteroatoms. The fourth-order valence-electron chi connectivity index (χ4n) is 4.10. The molecule has 0 spiro atoms. The third-order valence-corrected chi connectivity index (χ3v) is 6.09. The van der Waals surface area contributed by atoms with Crippen LogP contribution in [-0.4, -0.2) is 61.2 Å². The average molecular weight is 434 g/mol. The molecule has 2 heterocycles. The molecule has 0 radical (unpaired) electrons. The fraction of sp³-hybridized carbons (Fsp3) is 0.385. The lowest BCUT2D eigenvalue weighted by molar-refractivity contribution is 0.0994. The lowest BCUT2D eigenvalue weighted by Crippen LogP contribution is -2.44. The third-order valence-electron chi connectivity index (χ3n) is 6.09. The number of hydrogen-bond donors (Lipinski definition) is 0. The van der Waals surface area contributed by atoms with Gasteiger partial charge < -0.3 is 14.5 Å². The molecule has 1 aliphatic heterocycles. The Hall–Kier alpha value is -3.12. The summed E-state index contributed by atoms with van der Waals surface area (Å²) in [5.74, 6) is -0.00587. The van der Waals surface area contributed by atoms with Crippen molar-refractivity contribution in [2.45, 2.75) is 26.2 Å². The molecule has 3 aromatic rings. The summed E-state index contributed by atoms with van der Waals surface area (Å²) in [5.41, 5.74) is 3.30. The number of rotatable bonds is 7. The van der Waals surface area contributed by atoms with Gasteiger partial charge in [-0.05, 0) is 31.2 Å². The van der Waals surface area contributed by atoms with E-state index in [-0.39, 0.29) is 5.78 Å². The van der Waals surface area contributed by atoms with Gasteiger partial charge in [-0.3, -0.25) is 9.36 Å². The van der Waals surface area contributed by atoms with E-state index in [2.05, 4.69) is 29.8 Å². The van der Waals surface area contributed by atoms with Crippen LogP contribution in [0.1, 0.15) is 35.7 Å². The Balaban J connectivity index is 1.68. The van der Waals surface area contributed by atoms with Gasteiger partial charge in [-0.25, -0.2) is 4.79 Å². The number of fused-ring (bicyclic) bond motifs is 1. The van der Waals surface area contributed by atoms with Gasteiger partial charge in [0.15, 0.2) is 5.78 Å². The highest BCUT2D eigenvalue weighted by Gasteiger charge is 2.22. The van der Waals surface area contributed by atoms with Crippen LogP contribution in [0, 0.1) is 0 Å². The molecule has 168 valence electrons. The first-order valence-corrected chi connectivity index (χ1v) is 11.4. The molecule has 6 nitrogen and oxygen atoms in total. The van der Waals surface area contributed by atoms with Gasteiger partial charge in [0.05, 0.1) is 12.1 Å². The molecule has 0 unspecified atom stereocenters. The number of carbonyl (C=O) groups is 2. The number of unbranched alkanes of at least 4 members (excludes halogenated alkanes) is 1. The number of Topliss-reactive ketones (excluding diaryl/α,β-unsaturated/α-hetero) is 1. The fourth-order valence-corrected chi connectivity index (χ4v) is 4.10. The van der Waals surface area contributed by atoms with Crippen molar-refractivity contribution in [1.29, 1.82) is 0 Å². The molecule has 0 saturated carbocycles. The van der Waals surface area contributed by atoms with Crippen molar-refractivity contribution in [3.63, 3.8) is 0 Å². The molecule has 4 rings (SSSR count). The van der Waals surface area contributed by atoms with Crippen LogP contribution in [0.5, 0.6) is 0 Å². The SMILES string of the molecule is CCCCOC(=O)n1cc(C(=O)Cc2ccccc2)c2ccc(N3CCN(C)CC3)cc21. The molecule has 0 bridgehead atoms. The number of benzene rings is 2. The molecule has 0 atom stereocenters. The molecular formula is C26H31N3O3. The van der Waals surface area contributed by atoms with Gasteiger partial charge in [-0.15, -0.1) is 0 Å². The van der Waals surface area contributed by atoms with Crippen LogP contribution in [-0.2, 0) is 11.2 Å². The Labute approximate surface area is 189 Å². The second kappa shape index (κ2) is 10.0. The number of likely N-dealkylation sites (N-methyl/N-ethyl adjacent to an activating group) is 1. The minimum Gasteiger partial charge on any atom is -0.449 e. The lowest BCUT2D eigenvalue weighted by Gasteiger charge is -2.34. The van der Waals surface area contributed by atoms with E-state index in [4.69, 9.17) is 4.74 Å². The molecular weight excluding hydrogens is 402 g/mol. The van der Waals surface area contributed by atoms with Crippen molar-refractivity contribution < 1.29 is 14.3 Å². The third kappa shape index (κ3) is 4.86. The van der Waals surface area contributed by atoms with E-state index in [1.54, 1.807) is 6.20 Å². The number of ether oxygens (including phenoxy) is 1. The number of ketones is 1. The smallest absolute Gasteiger partial charge is 0.418 e. The zero-order valence-corrected chi connectivity index (χ0v) is 18.9. The molecule has 2 aromatic carbocycles. The van der Waals surface area contributed by atoms with Gasteiger partial charge in [0.2, 0.25) is 0 Å². The largest absolute Gasteiger partial charge is 0.449 e. The monoisotopic (exact) mass is 433 g/mol. The van der Waals surface area contributed by atoms with E-state index >= 15 is 0 Å². The van der Waals surface area contributed by atoms with Crippen LogP contribution in [0.15, 0.2) is 54.7 Å². The minimum atomic E-state index is -0.433. The Morgan fingerprint density at radius 1 is 1.00 bits per heavy atom. The summed E-state index contributed by atoms with van der Waals surface area (Å²) in [5, 5.41) is 0.788. The lowest BCUT2D eigenvalue weighted by atomic mass is 10.0. The summed E-state index contributed by atoms with van der Waals surface area (Å²) in [6, 6.07) is 15.7. The summed E-state index contributed by atoms with van der Waals surface area (Å²) >= 11 is 0. The highest BCUT2D eigenvalue weighted by molar-refractivity contribution is 6.11. The van der Waals surface area contributed by atoms with E-state index in [1.165, 1.54) is 4.57 Å². The molecule has 1 saturated heterocycles. The number of nitrogens with zero attached hydrogens (tertiary/aromatic N) is 3. The first-order chi connectivity index (χ1) is 15.6. The highest BCUT2D eigenvalue weighted by Crippen LogP contribution is 2.28. The van der Waals surface area contributed by atoms with Gasteiger partial charge in [0, 0.05) is 55.4 Å². The van der Waals surface area contributed by atoms with Crippen LogP contribution >= 0.6 is 0 Å². The van der Waals surface area contributed by atoms with Gasteiger partial charge in [0.25, 0.3) is 0 Å². The number of aromatic nitrogens is 1. The van der Waals surface area contributed by atoms with Crippen molar-refractivity contribution in [3.8, 4) is 0 Å². The summed E-state index contributed by atoms with van der Waals surface area (Å²) < 4.78 is 6.98. The van der Waals surface area contributed by atoms with Crippen LogP contribution in [0.4, 0.5) is 10.5 Å². The molecule has 1 aromatic heterocycles. The Morgan fingerprint density at radius 2 is 1.75 bits per heavy atom. The van der Waals surface area contributed by atoms with Crippen molar-refractivity contribution in [2.24, 2.45) is 0 Å². The van der Waals surface area contributed by atoms with E-state index in [0.29, 0.717) is 18.6 Å². The minimum absolute atomic E-state index is 0.00587. The Bertz CT molecular complexity index is 1080. The predicted octanol–water partition coefficient (Wildman–Crippen LogP) is 4.60. The Morgan fingerprint density at radius 3 is 2.47 bits per heavy atom. The number of carbonyl (C=O) groups excluding carboxylic acids is 2. The zero-order chi connectivity index (χ0) is 22.5. The van der Waals surface area contributed by atoms with Crippen LogP contribution in [0.3, 0.4) is 0 Å². The van der Waals surface area contributed by atoms with Gasteiger partial charge in [-0.1, -0.05) is 49.7 Å². The summed E-state index contributed by atoms with van der Waals surface area (Å²) in [6.45, 7) is 6.30. The highest BCUT2D eigenvalue weighted by atomic mass is 16.5. The van der Waals surface area contributed by atoms with Gasteiger partial charge >= 0.3 is 6.09 Å². The maximum atomic E-state index is 13.2. The topological polar surface area (TPSA) is 54.8 Å². The van der Waals surface area contributed by atoms with E-state index < -0.39 is 6.09 Å². The molecule has 1 aliphatic rings. The standard InChI is InChI=1S/C26H31N3O3/c1-3-4-16-32-26(31)29-19-23(25(30)17-20-8-6-5-7-9-20)22-11-10-21(18-24(22)29)28-14-12-27(2)13-15-28/h5-11,18-19H,3-4,12-17H2,1-2H3. The van der Waals surface area contributed by atoms with Gasteiger partial charge in [0.1, 0.15) is 0 Å². The van der Waals surface area contributed by atoms with Crippen molar-refractivity contribution in [3.05, 3.63) is 65.9 Å². The zero-order valence-electron chi connectivity index (χ0n) is 18.9. The second-order valence-corrected chi connectivity index (χ2v) is 8.46. The van der Waals surface area contributed by atoms with Crippen molar-refractivity contribution in [1.82, 2.24) is 9.47 Å². The van der Waals surface area contributed by atoms with Crippen LogP contribution in [0.2, 0.25) is 0 Å². The van der Waals surface area contributed by atoms with E-state index in [1.807, 2.05) is 42.5 Å². The summed E-state index contributed by atoms with van der Waals surface area (Å²) in [4.78, 5) is 30.7. The number of anilines is 1. The maximum absolute atomic E-state index is 13.2. The van der Waals surface area contributed by atoms with Crippen LogP contribution < -0.4 is 4.90 Å². The molecule has 32 heavy (non-hydrogen) atoms. The summed E-state index contributed by atoms with van der Waals surface area (Å²) in [6.07, 6.45) is 3.28. The Kier molecular flexibility index (Phi) is 6.90. The second-order valence-electron chi connectivity index (χ2n) is 8.46. The summed E-state index contributed by atoms with van der Waals surface area (Å²) in [7, 11) is 2.13. The predicted molar refractivity (Wildman–Crippen MR) is 128 cm³/mol. The molecule has 0 N–H and O–H groups in total. The van der Waals surface area contributed by atoms with Gasteiger partial charge in [-0.2, -0.15) is 0 Å². The van der Waals surface area contributed by atoms with Crippen molar-refractivity contribution >= 4 is 28.5 Å². The first-order valence-electron chi connectivity index (χ1n) is 11.4. The van der Waals surface area contributed by atoms with Crippen molar-refractivity contribution in [2.75, 3.05) is 44.7 Å². The average Bonchev–Trinajstić information content (AvgIpc) is 3.19. The molecule has 0 aliphatic carbocycles. The van der Waals surface area contributed by atoms with E-state index in [0.717, 1.165) is 61.2 Å². The normalized spacial score (nSPS) is 14.6. The maximum Gasteiger partial charge on any atom is 0.418 e. The van der Waals surface area contributed by atoms with E-state index in [9.17, 15) is 9.59 Å². The molecule has 1 fully saturated rings. The van der Waals surface area contributed by atoms with Crippen LogP contribution in [0.25, 0.3) is 10.9 Å².